The molecule has 0 aliphatic carbocycles. The highest BCUT2D eigenvalue weighted by molar-refractivity contribution is 5.79. The van der Waals surface area contributed by atoms with Crippen LogP contribution in [0.1, 0.15) is 19.3 Å². The smallest absolute Gasteiger partial charge is 0.231 e. The molecule has 0 saturated heterocycles. The molecular weight excluding hydrogens is 236 g/mol. The molecule has 0 amide bonds. The lowest BCUT2D eigenvalue weighted by Crippen LogP contribution is -2.11. The van der Waals surface area contributed by atoms with Gasteiger partial charge in [-0.3, -0.25) is 0 Å². The fraction of sp³-hybridized carbons (Fsp3) is 0.417. The number of benzene rings is 1. The van der Waals surface area contributed by atoms with Crippen molar-refractivity contribution >= 4 is 5.84 Å². The minimum Gasteiger partial charge on any atom is -0.493 e. The van der Waals surface area contributed by atoms with Crippen LogP contribution >= 0.6 is 0 Å². The quantitative estimate of drug-likeness (QED) is 0.264. The summed E-state index contributed by atoms with van der Waals surface area (Å²) in [5, 5.41) is 11.3. The highest BCUT2D eigenvalue weighted by atomic mass is 16.7. The van der Waals surface area contributed by atoms with Gasteiger partial charge in [-0.2, -0.15) is 0 Å². The third-order valence-electron chi connectivity index (χ3n) is 2.57. The van der Waals surface area contributed by atoms with Gasteiger partial charge in [-0.25, -0.2) is 0 Å². The van der Waals surface area contributed by atoms with Crippen molar-refractivity contribution in [3.63, 3.8) is 0 Å². The van der Waals surface area contributed by atoms with E-state index in [0.717, 1.165) is 24.3 Å². The van der Waals surface area contributed by atoms with Gasteiger partial charge in [0, 0.05) is 12.5 Å². The molecule has 0 saturated carbocycles. The number of rotatable bonds is 6. The van der Waals surface area contributed by atoms with Crippen LogP contribution in [0.15, 0.2) is 23.4 Å². The van der Waals surface area contributed by atoms with Crippen molar-refractivity contribution in [3.05, 3.63) is 18.2 Å². The normalized spacial score (nSPS) is 13.7. The topological polar surface area (TPSA) is 86.3 Å². The second kappa shape index (κ2) is 6.00. The first-order valence-electron chi connectivity index (χ1n) is 5.78. The summed E-state index contributed by atoms with van der Waals surface area (Å²) in [5.41, 5.74) is 5.36. The Morgan fingerprint density at radius 2 is 2.17 bits per heavy atom. The van der Waals surface area contributed by atoms with Crippen LogP contribution in [0.25, 0.3) is 0 Å². The molecule has 0 aromatic heterocycles. The SMILES string of the molecule is NC(CCCCOc1ccc2c(c1)OCO2)=NO. The van der Waals surface area contributed by atoms with Crippen LogP contribution in [0.3, 0.4) is 0 Å². The standard InChI is InChI=1S/C12H16N2O4/c13-12(14-15)3-1-2-6-16-9-4-5-10-11(7-9)18-8-17-10/h4-5,7,15H,1-3,6,8H2,(H2,13,14). The first-order valence-corrected chi connectivity index (χ1v) is 5.78. The van der Waals surface area contributed by atoms with Gasteiger partial charge in [0.05, 0.1) is 6.61 Å². The Morgan fingerprint density at radius 1 is 1.33 bits per heavy atom. The van der Waals surface area contributed by atoms with Crippen LogP contribution < -0.4 is 19.9 Å². The number of amidine groups is 1. The van der Waals surface area contributed by atoms with Gasteiger partial charge in [-0.05, 0) is 25.0 Å². The molecule has 6 heteroatoms. The zero-order valence-electron chi connectivity index (χ0n) is 9.96. The van der Waals surface area contributed by atoms with E-state index in [4.69, 9.17) is 25.2 Å². The molecule has 98 valence electrons. The zero-order valence-corrected chi connectivity index (χ0v) is 9.96. The molecule has 1 heterocycles. The van der Waals surface area contributed by atoms with Crippen molar-refractivity contribution in [2.24, 2.45) is 10.9 Å². The van der Waals surface area contributed by atoms with Crippen LogP contribution in [0.4, 0.5) is 0 Å². The van der Waals surface area contributed by atoms with E-state index in [2.05, 4.69) is 5.16 Å². The van der Waals surface area contributed by atoms with E-state index in [1.54, 1.807) is 0 Å². The Bertz CT molecular complexity index is 434. The van der Waals surface area contributed by atoms with Gasteiger partial charge in [-0.1, -0.05) is 5.16 Å². The second-order valence-corrected chi connectivity index (χ2v) is 3.91. The lowest BCUT2D eigenvalue weighted by molar-refractivity contribution is 0.173. The van der Waals surface area contributed by atoms with Crippen molar-refractivity contribution in [1.82, 2.24) is 0 Å². The van der Waals surface area contributed by atoms with E-state index < -0.39 is 0 Å². The van der Waals surface area contributed by atoms with Crippen molar-refractivity contribution in [3.8, 4) is 17.2 Å². The van der Waals surface area contributed by atoms with Gasteiger partial charge in [0.2, 0.25) is 6.79 Å². The van der Waals surface area contributed by atoms with Gasteiger partial charge in [0.1, 0.15) is 11.6 Å². The van der Waals surface area contributed by atoms with Crippen molar-refractivity contribution in [2.45, 2.75) is 19.3 Å². The highest BCUT2D eigenvalue weighted by Crippen LogP contribution is 2.35. The average Bonchev–Trinajstić information content (AvgIpc) is 2.85. The monoisotopic (exact) mass is 252 g/mol. The molecule has 2 rings (SSSR count). The van der Waals surface area contributed by atoms with Crippen molar-refractivity contribution in [2.75, 3.05) is 13.4 Å². The van der Waals surface area contributed by atoms with Gasteiger partial charge in [-0.15, -0.1) is 0 Å². The van der Waals surface area contributed by atoms with E-state index in [9.17, 15) is 0 Å². The molecule has 1 aliphatic rings. The first-order chi connectivity index (χ1) is 8.79. The van der Waals surface area contributed by atoms with E-state index in [1.807, 2.05) is 18.2 Å². The van der Waals surface area contributed by atoms with E-state index in [-0.39, 0.29) is 12.6 Å². The number of hydrogen-bond acceptors (Lipinski definition) is 5. The summed E-state index contributed by atoms with van der Waals surface area (Å²) >= 11 is 0. The third kappa shape index (κ3) is 3.19. The van der Waals surface area contributed by atoms with Gasteiger partial charge < -0.3 is 25.2 Å². The second-order valence-electron chi connectivity index (χ2n) is 3.91. The number of ether oxygens (including phenoxy) is 3. The fourth-order valence-corrected chi connectivity index (χ4v) is 1.61. The molecule has 0 unspecified atom stereocenters. The van der Waals surface area contributed by atoms with Gasteiger partial charge in [0.15, 0.2) is 11.5 Å². The zero-order chi connectivity index (χ0) is 12.8. The molecule has 1 aromatic rings. The molecule has 0 radical (unpaired) electrons. The maximum Gasteiger partial charge on any atom is 0.231 e. The minimum atomic E-state index is 0.248. The van der Waals surface area contributed by atoms with E-state index in [0.29, 0.717) is 18.8 Å². The lowest BCUT2D eigenvalue weighted by atomic mass is 10.2. The minimum absolute atomic E-state index is 0.248. The summed E-state index contributed by atoms with van der Waals surface area (Å²) in [6.45, 7) is 0.844. The van der Waals surface area contributed by atoms with E-state index in [1.165, 1.54) is 0 Å². The summed E-state index contributed by atoms with van der Waals surface area (Å²) < 4.78 is 16.0. The number of unbranched alkanes of at least 4 members (excludes halogenated alkanes) is 1. The molecule has 0 spiro atoms. The molecule has 0 atom stereocenters. The van der Waals surface area contributed by atoms with Crippen LogP contribution in [0, 0.1) is 0 Å². The largest absolute Gasteiger partial charge is 0.493 e. The molecule has 18 heavy (non-hydrogen) atoms. The number of hydrogen-bond donors (Lipinski definition) is 2. The summed E-state index contributed by atoms with van der Waals surface area (Å²) in [5.74, 6) is 2.46. The third-order valence-corrected chi connectivity index (χ3v) is 2.57. The highest BCUT2D eigenvalue weighted by Gasteiger charge is 2.13. The van der Waals surface area contributed by atoms with E-state index >= 15 is 0 Å². The predicted molar refractivity (Wildman–Crippen MR) is 65.3 cm³/mol. The summed E-state index contributed by atoms with van der Waals surface area (Å²) in [7, 11) is 0. The molecule has 3 N–H and O–H groups in total. The Balaban J connectivity index is 1.71. The fourth-order valence-electron chi connectivity index (χ4n) is 1.61. The number of oxime groups is 1. The predicted octanol–water partition coefficient (Wildman–Crippen LogP) is 1.71. The molecule has 6 nitrogen and oxygen atoms in total. The molecule has 0 bridgehead atoms. The maximum absolute atomic E-state index is 8.36. The van der Waals surface area contributed by atoms with Crippen LogP contribution in [-0.2, 0) is 0 Å². The summed E-state index contributed by atoms with van der Waals surface area (Å²) in [6, 6.07) is 5.48. The van der Waals surface area contributed by atoms with Crippen LogP contribution in [0.2, 0.25) is 0 Å². The number of nitrogens with two attached hydrogens (primary N) is 1. The number of fused-ring (bicyclic) bond motifs is 1. The van der Waals surface area contributed by atoms with Gasteiger partial charge >= 0.3 is 0 Å². The van der Waals surface area contributed by atoms with Crippen LogP contribution in [-0.4, -0.2) is 24.4 Å². The maximum atomic E-state index is 8.36. The molecule has 1 aromatic carbocycles. The number of nitrogens with zero attached hydrogens (tertiary/aromatic N) is 1. The Hall–Kier alpha value is -2.11. The average molecular weight is 252 g/mol. The summed E-state index contributed by atoms with van der Waals surface area (Å²) in [6.07, 6.45) is 2.23. The Kier molecular flexibility index (Phi) is 4.11. The van der Waals surface area contributed by atoms with Crippen molar-refractivity contribution in [1.29, 1.82) is 0 Å². The molecule has 0 fully saturated rings. The molecule has 1 aliphatic heterocycles. The summed E-state index contributed by atoms with van der Waals surface area (Å²) in [4.78, 5) is 0. The van der Waals surface area contributed by atoms with Crippen LogP contribution in [0.5, 0.6) is 17.2 Å². The van der Waals surface area contributed by atoms with Crippen molar-refractivity contribution < 1.29 is 19.4 Å². The Morgan fingerprint density at radius 3 is 3.00 bits per heavy atom. The lowest BCUT2D eigenvalue weighted by Gasteiger charge is -2.06. The van der Waals surface area contributed by atoms with Gasteiger partial charge in [0.25, 0.3) is 0 Å². The molecular formula is C12H16N2O4. The first kappa shape index (κ1) is 12.3. The Labute approximate surface area is 105 Å².